The second-order valence-electron chi connectivity index (χ2n) is 7.13. The summed E-state index contributed by atoms with van der Waals surface area (Å²) < 4.78 is 0. The first kappa shape index (κ1) is 26.6. The minimum absolute atomic E-state index is 0.0101. The summed E-state index contributed by atoms with van der Waals surface area (Å²) in [5.41, 5.74) is 0.973. The number of aryl methyl sites for hydroxylation is 1. The first-order valence-electron chi connectivity index (χ1n) is 9.99. The molecule has 9 nitrogen and oxygen atoms in total. The Hall–Kier alpha value is -2.39. The predicted octanol–water partition coefficient (Wildman–Crippen LogP) is 2.42. The van der Waals surface area contributed by atoms with E-state index in [1.54, 1.807) is 13.8 Å². The van der Waals surface area contributed by atoms with Crippen molar-refractivity contribution in [3.05, 3.63) is 40.8 Å². The van der Waals surface area contributed by atoms with E-state index in [1.165, 1.54) is 0 Å². The van der Waals surface area contributed by atoms with Gasteiger partial charge in [0.1, 0.15) is 12.1 Å². The lowest BCUT2D eigenvalue weighted by molar-refractivity contribution is -0.131. The van der Waals surface area contributed by atoms with Gasteiger partial charge < -0.3 is 16.0 Å². The smallest absolute Gasteiger partial charge is 0.341 e. The van der Waals surface area contributed by atoms with E-state index in [1.807, 2.05) is 30.3 Å². The molecular formula is C20H29Cl2N5O4. The number of hydrogen-bond acceptors (Lipinski definition) is 5. The zero-order valence-electron chi connectivity index (χ0n) is 17.6. The number of nitrogens with one attached hydrogen (secondary N) is 3. The third kappa shape index (κ3) is 9.52. The molecule has 2 atom stereocenters. The lowest BCUT2D eigenvalue weighted by Crippen LogP contribution is -2.56. The maximum Gasteiger partial charge on any atom is 0.341 e. The largest absolute Gasteiger partial charge is 0.353 e. The van der Waals surface area contributed by atoms with Gasteiger partial charge in [-0.1, -0.05) is 44.2 Å². The summed E-state index contributed by atoms with van der Waals surface area (Å²) in [6.07, 6.45) is 0.747. The highest BCUT2D eigenvalue weighted by Crippen LogP contribution is 2.09. The second-order valence-corrected chi connectivity index (χ2v) is 7.89. The summed E-state index contributed by atoms with van der Waals surface area (Å²) in [6, 6.07) is 6.79. The van der Waals surface area contributed by atoms with Gasteiger partial charge in [0.05, 0.1) is 11.8 Å². The average Bonchev–Trinajstić information content (AvgIpc) is 2.76. The second kappa shape index (κ2) is 14.6. The molecule has 0 radical (unpaired) electrons. The van der Waals surface area contributed by atoms with Gasteiger partial charge in [-0.05, 0) is 24.3 Å². The van der Waals surface area contributed by atoms with Gasteiger partial charge in [0, 0.05) is 18.3 Å². The molecule has 172 valence electrons. The van der Waals surface area contributed by atoms with Gasteiger partial charge in [-0.3, -0.25) is 9.59 Å². The molecule has 4 amide bonds. The van der Waals surface area contributed by atoms with Crippen LogP contribution in [0.15, 0.2) is 35.6 Å². The predicted molar refractivity (Wildman–Crippen MR) is 121 cm³/mol. The molecule has 0 aromatic heterocycles. The Kier molecular flexibility index (Phi) is 12.5. The fraction of sp³-hybridized carbons (Fsp3) is 0.550. The number of halogens is 2. The van der Waals surface area contributed by atoms with Crippen molar-refractivity contribution in [3.63, 3.8) is 0 Å². The van der Waals surface area contributed by atoms with Gasteiger partial charge in [-0.2, -0.15) is 5.01 Å². The molecule has 0 heterocycles. The van der Waals surface area contributed by atoms with E-state index in [-0.39, 0.29) is 43.1 Å². The minimum atomic E-state index is -0.991. The number of carbonyl (C=O) groups is 3. The van der Waals surface area contributed by atoms with Gasteiger partial charge in [0.2, 0.25) is 11.8 Å². The Bertz CT molecular complexity index is 721. The Balaban J connectivity index is 2.95. The fourth-order valence-corrected chi connectivity index (χ4v) is 3.03. The fourth-order valence-electron chi connectivity index (χ4n) is 2.78. The van der Waals surface area contributed by atoms with Crippen molar-refractivity contribution in [2.24, 2.45) is 11.2 Å². The normalized spacial score (nSPS) is 12.5. The molecule has 0 saturated heterocycles. The van der Waals surface area contributed by atoms with E-state index < -0.39 is 24.0 Å². The molecule has 1 rings (SSSR count). The van der Waals surface area contributed by atoms with Crippen molar-refractivity contribution in [1.29, 1.82) is 0 Å². The molecule has 11 heteroatoms. The Morgan fingerprint density at radius 3 is 2.26 bits per heavy atom. The number of hydrogen-bond donors (Lipinski definition) is 3. The summed E-state index contributed by atoms with van der Waals surface area (Å²) in [6.45, 7) is 3.76. The Morgan fingerprint density at radius 2 is 1.71 bits per heavy atom. The van der Waals surface area contributed by atoms with Crippen molar-refractivity contribution in [3.8, 4) is 0 Å². The number of benzene rings is 1. The molecule has 0 saturated carbocycles. The van der Waals surface area contributed by atoms with Crippen LogP contribution in [0.2, 0.25) is 0 Å². The topological polar surface area (TPSA) is 120 Å². The van der Waals surface area contributed by atoms with Gasteiger partial charge in [0.15, 0.2) is 0 Å². The molecule has 0 spiro atoms. The van der Waals surface area contributed by atoms with Crippen LogP contribution in [0, 0.1) is 10.8 Å². The van der Waals surface area contributed by atoms with E-state index in [4.69, 9.17) is 23.2 Å². The van der Waals surface area contributed by atoms with Crippen molar-refractivity contribution in [2.45, 2.75) is 38.8 Å². The van der Waals surface area contributed by atoms with Gasteiger partial charge in [-0.15, -0.1) is 28.1 Å². The molecule has 31 heavy (non-hydrogen) atoms. The third-order valence-electron chi connectivity index (χ3n) is 4.45. The third-order valence-corrected chi connectivity index (χ3v) is 4.81. The molecule has 0 unspecified atom stereocenters. The number of rotatable bonds is 13. The Labute approximate surface area is 192 Å². The lowest BCUT2D eigenvalue weighted by atomic mass is 10.0. The van der Waals surface area contributed by atoms with Crippen LogP contribution in [0.4, 0.5) is 4.79 Å². The molecule has 0 aliphatic carbocycles. The summed E-state index contributed by atoms with van der Waals surface area (Å²) in [4.78, 5) is 48.7. The SMILES string of the molecule is CC(C)[C@H](NC(=O)[C@H](CCc1ccccc1)NC(=O)N(CCCl)N=O)C(=O)NCCCl. The van der Waals surface area contributed by atoms with Crippen LogP contribution in [0.5, 0.6) is 0 Å². The molecular weight excluding hydrogens is 445 g/mol. The number of carbonyl (C=O) groups excluding carboxylic acids is 3. The summed E-state index contributed by atoms with van der Waals surface area (Å²) in [5, 5.41) is 11.1. The molecule has 1 aromatic carbocycles. The van der Waals surface area contributed by atoms with Crippen LogP contribution in [0.25, 0.3) is 0 Å². The molecule has 0 fully saturated rings. The van der Waals surface area contributed by atoms with Crippen molar-refractivity contribution < 1.29 is 14.4 Å². The highest BCUT2D eigenvalue weighted by Gasteiger charge is 2.29. The van der Waals surface area contributed by atoms with Crippen LogP contribution in [0.3, 0.4) is 0 Å². The van der Waals surface area contributed by atoms with Gasteiger partial charge >= 0.3 is 6.03 Å². The molecule has 0 aliphatic heterocycles. The zero-order chi connectivity index (χ0) is 23.2. The standard InChI is InChI=1S/C20H29Cl2N5O4/c1-14(2)17(19(29)23-12-10-21)25-18(28)16(9-8-15-6-4-3-5-7-15)24-20(30)27(26-31)13-11-22/h3-7,14,16-17H,8-13H2,1-2H3,(H,23,29)(H,24,30)(H,25,28)/t16-,17-/m0/s1. The van der Waals surface area contributed by atoms with Crippen molar-refractivity contribution in [2.75, 3.05) is 24.8 Å². The van der Waals surface area contributed by atoms with E-state index in [0.717, 1.165) is 5.56 Å². The maximum absolute atomic E-state index is 13.0. The summed E-state index contributed by atoms with van der Waals surface area (Å²) in [7, 11) is 0. The van der Waals surface area contributed by atoms with Crippen LogP contribution >= 0.6 is 23.2 Å². The van der Waals surface area contributed by atoms with Crippen LogP contribution in [0.1, 0.15) is 25.8 Å². The monoisotopic (exact) mass is 473 g/mol. The Morgan fingerprint density at radius 1 is 1.03 bits per heavy atom. The highest BCUT2D eigenvalue weighted by molar-refractivity contribution is 6.18. The van der Waals surface area contributed by atoms with Crippen molar-refractivity contribution >= 4 is 41.0 Å². The molecule has 0 aliphatic rings. The van der Waals surface area contributed by atoms with Gasteiger partial charge in [-0.25, -0.2) is 4.79 Å². The maximum atomic E-state index is 13.0. The molecule has 1 aromatic rings. The van der Waals surface area contributed by atoms with E-state index in [9.17, 15) is 19.3 Å². The quantitative estimate of drug-likeness (QED) is 0.231. The first-order chi connectivity index (χ1) is 14.8. The number of nitrogens with zero attached hydrogens (tertiary/aromatic N) is 2. The van der Waals surface area contributed by atoms with Crippen LogP contribution < -0.4 is 16.0 Å². The van der Waals surface area contributed by atoms with Crippen LogP contribution in [-0.2, 0) is 16.0 Å². The lowest BCUT2D eigenvalue weighted by Gasteiger charge is -2.26. The number of amides is 4. The molecule has 3 N–H and O–H groups in total. The van der Waals surface area contributed by atoms with Gasteiger partial charge in [0.25, 0.3) is 0 Å². The van der Waals surface area contributed by atoms with E-state index >= 15 is 0 Å². The highest BCUT2D eigenvalue weighted by atomic mass is 35.5. The van der Waals surface area contributed by atoms with E-state index in [0.29, 0.717) is 11.4 Å². The zero-order valence-corrected chi connectivity index (χ0v) is 19.2. The van der Waals surface area contributed by atoms with Crippen molar-refractivity contribution in [1.82, 2.24) is 21.0 Å². The summed E-state index contributed by atoms with van der Waals surface area (Å²) >= 11 is 11.2. The minimum Gasteiger partial charge on any atom is -0.353 e. The number of urea groups is 1. The molecule has 0 bridgehead atoms. The average molecular weight is 474 g/mol. The number of alkyl halides is 2. The number of nitroso groups, excluding NO2 is 1. The first-order valence-corrected chi connectivity index (χ1v) is 11.1. The van der Waals surface area contributed by atoms with E-state index in [2.05, 4.69) is 21.2 Å². The summed E-state index contributed by atoms with van der Waals surface area (Å²) in [5.74, 6) is -0.851. The van der Waals surface area contributed by atoms with Crippen LogP contribution in [-0.4, -0.2) is 59.8 Å².